The maximum absolute atomic E-state index is 12.8. The number of halogens is 1. The smallest absolute Gasteiger partial charge is 0.250 e. The van der Waals surface area contributed by atoms with Gasteiger partial charge in [0.05, 0.1) is 10.7 Å². The average molecular weight is 307 g/mol. The summed E-state index contributed by atoms with van der Waals surface area (Å²) in [5.41, 5.74) is 1.67. The standard InChI is InChI=1S/C16H19ClN2O2/c1-3-12-15(20)18-14(10-5-6-10)16(21)19(12)13-7-4-9(2)8-11(13)17/h4,7-8,10,12,14H,3,5-6H2,1-2H3,(H,18,20). The quantitative estimate of drug-likeness (QED) is 0.933. The molecule has 2 unspecified atom stereocenters. The van der Waals surface area contributed by atoms with Crippen molar-refractivity contribution < 1.29 is 9.59 Å². The number of hydrogen-bond donors (Lipinski definition) is 1. The minimum Gasteiger partial charge on any atom is -0.342 e. The third-order valence-electron chi connectivity index (χ3n) is 4.26. The number of aryl methyl sites for hydroxylation is 1. The Labute approximate surface area is 129 Å². The highest BCUT2D eigenvalue weighted by Crippen LogP contribution is 2.38. The number of carbonyl (C=O) groups excluding carboxylic acids is 2. The Kier molecular flexibility index (Phi) is 3.66. The van der Waals surface area contributed by atoms with E-state index in [1.807, 2.05) is 32.0 Å². The first-order chi connectivity index (χ1) is 10.0. The lowest BCUT2D eigenvalue weighted by atomic mass is 10.0. The molecule has 1 aliphatic carbocycles. The Morgan fingerprint density at radius 2 is 2.05 bits per heavy atom. The van der Waals surface area contributed by atoms with Crippen LogP contribution in [0.1, 0.15) is 31.7 Å². The van der Waals surface area contributed by atoms with Crippen LogP contribution in [0.15, 0.2) is 18.2 Å². The van der Waals surface area contributed by atoms with E-state index >= 15 is 0 Å². The van der Waals surface area contributed by atoms with Gasteiger partial charge < -0.3 is 5.32 Å². The summed E-state index contributed by atoms with van der Waals surface area (Å²) in [4.78, 5) is 26.7. The normalized spacial score (nSPS) is 26.0. The summed E-state index contributed by atoms with van der Waals surface area (Å²) in [5.74, 6) is 0.173. The van der Waals surface area contributed by atoms with Crippen LogP contribution in [0.4, 0.5) is 5.69 Å². The van der Waals surface area contributed by atoms with Gasteiger partial charge in [0.15, 0.2) is 0 Å². The van der Waals surface area contributed by atoms with Crippen molar-refractivity contribution in [3.05, 3.63) is 28.8 Å². The van der Waals surface area contributed by atoms with E-state index in [2.05, 4.69) is 5.32 Å². The Bertz CT molecular complexity index is 598. The molecule has 0 radical (unpaired) electrons. The summed E-state index contributed by atoms with van der Waals surface area (Å²) in [6, 6.07) is 4.71. The number of nitrogens with zero attached hydrogens (tertiary/aromatic N) is 1. The molecule has 0 spiro atoms. The van der Waals surface area contributed by atoms with Gasteiger partial charge in [0.1, 0.15) is 12.1 Å². The summed E-state index contributed by atoms with van der Waals surface area (Å²) in [6.45, 7) is 3.86. The van der Waals surface area contributed by atoms with Gasteiger partial charge in [-0.2, -0.15) is 0 Å². The molecule has 0 aromatic heterocycles. The van der Waals surface area contributed by atoms with Crippen molar-refractivity contribution in [1.29, 1.82) is 0 Å². The van der Waals surface area contributed by atoms with Gasteiger partial charge in [0, 0.05) is 0 Å². The molecule has 112 valence electrons. The lowest BCUT2D eigenvalue weighted by Crippen LogP contribution is -2.64. The van der Waals surface area contributed by atoms with Crippen molar-refractivity contribution in [3.63, 3.8) is 0 Å². The summed E-state index contributed by atoms with van der Waals surface area (Å²) in [6.07, 6.45) is 2.57. The zero-order valence-electron chi connectivity index (χ0n) is 12.2. The third-order valence-corrected chi connectivity index (χ3v) is 4.56. The maximum atomic E-state index is 12.8. The molecular formula is C16H19ClN2O2. The molecule has 3 rings (SSSR count). The molecular weight excluding hydrogens is 288 g/mol. The SMILES string of the molecule is CCC1C(=O)NC(C2CC2)C(=O)N1c1ccc(C)cc1Cl. The molecule has 5 heteroatoms. The van der Waals surface area contributed by atoms with Gasteiger partial charge in [0.2, 0.25) is 5.91 Å². The lowest BCUT2D eigenvalue weighted by molar-refractivity contribution is -0.134. The minimum atomic E-state index is -0.479. The molecule has 1 aliphatic heterocycles. The fourth-order valence-corrected chi connectivity index (χ4v) is 3.27. The largest absolute Gasteiger partial charge is 0.342 e. The number of piperazine rings is 1. The summed E-state index contributed by atoms with van der Waals surface area (Å²) < 4.78 is 0. The molecule has 2 amide bonds. The average Bonchev–Trinajstić information content (AvgIpc) is 3.26. The van der Waals surface area contributed by atoms with E-state index in [4.69, 9.17) is 11.6 Å². The topological polar surface area (TPSA) is 49.4 Å². The number of nitrogens with one attached hydrogen (secondary N) is 1. The molecule has 1 heterocycles. The molecule has 2 aliphatic rings. The van der Waals surface area contributed by atoms with E-state index < -0.39 is 12.1 Å². The number of rotatable bonds is 3. The van der Waals surface area contributed by atoms with Crippen LogP contribution in [0.3, 0.4) is 0 Å². The van der Waals surface area contributed by atoms with Crippen LogP contribution in [-0.2, 0) is 9.59 Å². The van der Waals surface area contributed by atoms with Gasteiger partial charge in [-0.05, 0) is 49.8 Å². The molecule has 1 N–H and O–H groups in total. The molecule has 21 heavy (non-hydrogen) atoms. The van der Waals surface area contributed by atoms with Crippen molar-refractivity contribution in [3.8, 4) is 0 Å². The van der Waals surface area contributed by atoms with Gasteiger partial charge in [-0.1, -0.05) is 24.6 Å². The lowest BCUT2D eigenvalue weighted by Gasteiger charge is -2.39. The Hall–Kier alpha value is -1.55. The van der Waals surface area contributed by atoms with Gasteiger partial charge in [0.25, 0.3) is 5.91 Å². The molecule has 2 fully saturated rings. The van der Waals surface area contributed by atoms with Crippen LogP contribution >= 0.6 is 11.6 Å². The fourth-order valence-electron chi connectivity index (χ4n) is 2.94. The zero-order chi connectivity index (χ0) is 15.1. The van der Waals surface area contributed by atoms with Crippen LogP contribution in [-0.4, -0.2) is 23.9 Å². The van der Waals surface area contributed by atoms with Gasteiger partial charge in [-0.15, -0.1) is 0 Å². The monoisotopic (exact) mass is 306 g/mol. The van der Waals surface area contributed by atoms with Gasteiger partial charge in [-0.3, -0.25) is 14.5 Å². The van der Waals surface area contributed by atoms with E-state index in [-0.39, 0.29) is 17.7 Å². The number of hydrogen-bond acceptors (Lipinski definition) is 2. The maximum Gasteiger partial charge on any atom is 0.250 e. The van der Waals surface area contributed by atoms with E-state index in [1.54, 1.807) is 4.90 Å². The predicted octanol–water partition coefficient (Wildman–Crippen LogP) is 2.67. The van der Waals surface area contributed by atoms with Crippen LogP contribution in [0.25, 0.3) is 0 Å². The van der Waals surface area contributed by atoms with E-state index in [1.165, 1.54) is 0 Å². The molecule has 1 aromatic rings. The van der Waals surface area contributed by atoms with E-state index in [0.29, 0.717) is 17.1 Å². The summed E-state index contributed by atoms with van der Waals surface area (Å²) in [7, 11) is 0. The first-order valence-corrected chi connectivity index (χ1v) is 7.80. The highest BCUT2D eigenvalue weighted by atomic mass is 35.5. The summed E-state index contributed by atoms with van der Waals surface area (Å²) >= 11 is 6.32. The molecule has 1 aromatic carbocycles. The molecule has 0 bridgehead atoms. The van der Waals surface area contributed by atoms with Crippen molar-refractivity contribution >= 4 is 29.1 Å². The Balaban J connectivity index is 2.01. The second-order valence-electron chi connectivity index (χ2n) is 5.91. The highest BCUT2D eigenvalue weighted by molar-refractivity contribution is 6.34. The van der Waals surface area contributed by atoms with Crippen molar-refractivity contribution in [2.24, 2.45) is 5.92 Å². The molecule has 4 nitrogen and oxygen atoms in total. The van der Waals surface area contributed by atoms with Crippen molar-refractivity contribution in [2.75, 3.05) is 4.90 Å². The van der Waals surface area contributed by atoms with E-state index in [0.717, 1.165) is 18.4 Å². The number of benzene rings is 1. The fraction of sp³-hybridized carbons (Fsp3) is 0.500. The van der Waals surface area contributed by atoms with Gasteiger partial charge >= 0.3 is 0 Å². The number of amides is 2. The van der Waals surface area contributed by atoms with Crippen LogP contribution in [0.2, 0.25) is 5.02 Å². The van der Waals surface area contributed by atoms with Crippen LogP contribution < -0.4 is 10.2 Å². The molecule has 2 atom stereocenters. The Morgan fingerprint density at radius 3 is 2.62 bits per heavy atom. The van der Waals surface area contributed by atoms with Crippen LogP contribution in [0, 0.1) is 12.8 Å². The predicted molar refractivity (Wildman–Crippen MR) is 82.4 cm³/mol. The third kappa shape index (κ3) is 2.53. The minimum absolute atomic E-state index is 0.0327. The number of carbonyl (C=O) groups is 2. The first kappa shape index (κ1) is 14.4. The summed E-state index contributed by atoms with van der Waals surface area (Å²) in [5, 5.41) is 3.41. The Morgan fingerprint density at radius 1 is 1.33 bits per heavy atom. The van der Waals surface area contributed by atoms with Crippen LogP contribution in [0.5, 0.6) is 0 Å². The molecule has 1 saturated heterocycles. The van der Waals surface area contributed by atoms with Crippen molar-refractivity contribution in [2.45, 2.75) is 45.2 Å². The highest BCUT2D eigenvalue weighted by Gasteiger charge is 2.47. The van der Waals surface area contributed by atoms with Crippen molar-refractivity contribution in [1.82, 2.24) is 5.32 Å². The van der Waals surface area contributed by atoms with E-state index in [9.17, 15) is 9.59 Å². The molecule has 1 saturated carbocycles. The number of anilines is 1. The second-order valence-corrected chi connectivity index (χ2v) is 6.32. The first-order valence-electron chi connectivity index (χ1n) is 7.42. The second kappa shape index (κ2) is 5.34. The zero-order valence-corrected chi connectivity index (χ0v) is 13.0. The van der Waals surface area contributed by atoms with Gasteiger partial charge in [-0.25, -0.2) is 0 Å².